The molecular formula is C33H56O7. The second-order valence-corrected chi connectivity index (χ2v) is 13.5. The standard InChI is InChI=1S/C33H56O7/c1-21(2)10-7-11-22(3)12-8-13-23(4)14-9-16-33(6)17-15-25-19-26(18-24(5)31(25)40-33)38-32-30(37)29(36)28(35)27(20-34)39-32/h18-19,21-23,27-30,32,34-37H,7-17,20H2,1-6H3/t22?,23?,27-,28-,29+,30-,32-,33?/m1/s1. The highest BCUT2D eigenvalue weighted by atomic mass is 16.7. The van der Waals surface area contributed by atoms with Crippen LogP contribution in [0.3, 0.4) is 0 Å². The molecule has 0 aliphatic carbocycles. The van der Waals surface area contributed by atoms with Gasteiger partial charge in [-0.25, -0.2) is 0 Å². The van der Waals surface area contributed by atoms with Crippen LogP contribution in [0, 0.1) is 24.7 Å². The molecule has 1 aromatic carbocycles. The predicted molar refractivity (Wildman–Crippen MR) is 158 cm³/mol. The highest BCUT2D eigenvalue weighted by Gasteiger charge is 2.45. The minimum Gasteiger partial charge on any atom is -0.487 e. The molecule has 7 heteroatoms. The van der Waals surface area contributed by atoms with E-state index in [9.17, 15) is 20.4 Å². The minimum atomic E-state index is -1.47. The molecule has 1 fully saturated rings. The lowest BCUT2D eigenvalue weighted by Gasteiger charge is -2.40. The average molecular weight is 565 g/mol. The van der Waals surface area contributed by atoms with Gasteiger partial charge in [0.1, 0.15) is 41.5 Å². The normalized spacial score (nSPS) is 30.0. The van der Waals surface area contributed by atoms with Gasteiger partial charge in [-0.2, -0.15) is 0 Å². The molecule has 0 saturated carbocycles. The van der Waals surface area contributed by atoms with Crippen molar-refractivity contribution >= 4 is 0 Å². The van der Waals surface area contributed by atoms with Crippen molar-refractivity contribution in [1.82, 2.24) is 0 Å². The molecule has 0 radical (unpaired) electrons. The first-order valence-electron chi connectivity index (χ1n) is 15.7. The monoisotopic (exact) mass is 564 g/mol. The Balaban J connectivity index is 1.45. The third kappa shape index (κ3) is 9.32. The highest BCUT2D eigenvalue weighted by molar-refractivity contribution is 5.48. The first kappa shape index (κ1) is 33.1. The Kier molecular flexibility index (Phi) is 12.6. The van der Waals surface area contributed by atoms with Crippen molar-refractivity contribution in [3.05, 3.63) is 23.3 Å². The summed E-state index contributed by atoms with van der Waals surface area (Å²) in [7, 11) is 0. The largest absolute Gasteiger partial charge is 0.487 e. The smallest absolute Gasteiger partial charge is 0.229 e. The number of benzene rings is 1. The lowest BCUT2D eigenvalue weighted by molar-refractivity contribution is -0.277. The van der Waals surface area contributed by atoms with Gasteiger partial charge in [0.25, 0.3) is 0 Å². The lowest BCUT2D eigenvalue weighted by Crippen LogP contribution is -2.60. The van der Waals surface area contributed by atoms with E-state index in [1.54, 1.807) is 0 Å². The Bertz CT molecular complexity index is 903. The molecule has 230 valence electrons. The van der Waals surface area contributed by atoms with Gasteiger partial charge in [0.05, 0.1) is 6.61 Å². The van der Waals surface area contributed by atoms with Crippen LogP contribution in [-0.2, 0) is 11.2 Å². The van der Waals surface area contributed by atoms with Crippen molar-refractivity contribution in [2.45, 2.75) is 148 Å². The molecular weight excluding hydrogens is 508 g/mol. The van der Waals surface area contributed by atoms with Crippen molar-refractivity contribution in [3.8, 4) is 11.5 Å². The molecule has 0 amide bonds. The summed E-state index contributed by atoms with van der Waals surface area (Å²) >= 11 is 0. The summed E-state index contributed by atoms with van der Waals surface area (Å²) in [5.41, 5.74) is 1.80. The Morgan fingerprint density at radius 2 is 1.52 bits per heavy atom. The fraction of sp³-hybridized carbons (Fsp3) is 0.818. The van der Waals surface area contributed by atoms with Crippen molar-refractivity contribution in [1.29, 1.82) is 0 Å². The zero-order valence-corrected chi connectivity index (χ0v) is 25.8. The molecule has 8 atom stereocenters. The number of ether oxygens (including phenoxy) is 3. The summed E-state index contributed by atoms with van der Waals surface area (Å²) in [4.78, 5) is 0. The molecule has 0 aromatic heterocycles. The molecule has 7 nitrogen and oxygen atoms in total. The van der Waals surface area contributed by atoms with Gasteiger partial charge in [-0.15, -0.1) is 0 Å². The number of hydrogen-bond donors (Lipinski definition) is 4. The molecule has 2 aliphatic rings. The van der Waals surface area contributed by atoms with Crippen LogP contribution in [0.25, 0.3) is 0 Å². The molecule has 4 N–H and O–H groups in total. The van der Waals surface area contributed by atoms with Crippen LogP contribution >= 0.6 is 0 Å². The van der Waals surface area contributed by atoms with E-state index in [-0.39, 0.29) is 5.60 Å². The predicted octanol–water partition coefficient (Wildman–Crippen LogP) is 5.70. The van der Waals surface area contributed by atoms with Crippen molar-refractivity contribution in [2.24, 2.45) is 17.8 Å². The molecule has 1 saturated heterocycles. The summed E-state index contributed by atoms with van der Waals surface area (Å²) < 4.78 is 18.0. The van der Waals surface area contributed by atoms with Gasteiger partial charge < -0.3 is 34.6 Å². The van der Waals surface area contributed by atoms with E-state index in [1.165, 1.54) is 44.9 Å². The van der Waals surface area contributed by atoms with E-state index < -0.39 is 37.3 Å². The van der Waals surface area contributed by atoms with Crippen LogP contribution in [0.5, 0.6) is 11.5 Å². The second kappa shape index (κ2) is 15.2. The number of hydrogen-bond acceptors (Lipinski definition) is 7. The molecule has 2 aliphatic heterocycles. The Morgan fingerprint density at radius 3 is 2.15 bits per heavy atom. The fourth-order valence-electron chi connectivity index (χ4n) is 6.18. The van der Waals surface area contributed by atoms with Crippen molar-refractivity contribution in [2.75, 3.05) is 6.61 Å². The Labute approximate surface area is 242 Å². The van der Waals surface area contributed by atoms with Gasteiger partial charge >= 0.3 is 0 Å². The molecule has 1 aromatic rings. The summed E-state index contributed by atoms with van der Waals surface area (Å²) in [6, 6.07) is 3.74. The van der Waals surface area contributed by atoms with Crippen molar-refractivity contribution < 1.29 is 34.6 Å². The van der Waals surface area contributed by atoms with Gasteiger partial charge in [-0.05, 0) is 80.5 Å². The number of aliphatic hydroxyl groups is 4. The first-order chi connectivity index (χ1) is 18.9. The molecule has 0 bridgehead atoms. The zero-order chi connectivity index (χ0) is 29.4. The third-order valence-electron chi connectivity index (χ3n) is 8.97. The lowest BCUT2D eigenvalue weighted by atomic mass is 9.85. The number of aliphatic hydroxyl groups excluding tert-OH is 4. The summed E-state index contributed by atoms with van der Waals surface area (Å²) in [6.07, 6.45) is 6.77. The van der Waals surface area contributed by atoms with Gasteiger partial charge in [-0.1, -0.05) is 72.6 Å². The number of aryl methyl sites for hydroxylation is 2. The maximum atomic E-state index is 10.3. The maximum Gasteiger partial charge on any atom is 0.229 e. The number of rotatable bonds is 15. The van der Waals surface area contributed by atoms with E-state index in [0.717, 1.165) is 60.3 Å². The maximum absolute atomic E-state index is 10.3. The molecule has 40 heavy (non-hydrogen) atoms. The SMILES string of the molecule is Cc1cc(O[C@@H]2O[C@H](CO)[C@@H](O)[C@H](O)[C@H]2O)cc2c1OC(C)(CCCC(C)CCCC(C)CCCC(C)C)CC2. The van der Waals surface area contributed by atoms with Crippen LogP contribution in [-0.4, -0.2) is 63.3 Å². The summed E-state index contributed by atoms with van der Waals surface area (Å²) in [5.74, 6) is 3.79. The zero-order valence-electron chi connectivity index (χ0n) is 25.8. The second-order valence-electron chi connectivity index (χ2n) is 13.5. The van der Waals surface area contributed by atoms with Crippen LogP contribution in [0.1, 0.15) is 110 Å². The van der Waals surface area contributed by atoms with Crippen LogP contribution < -0.4 is 9.47 Å². The molecule has 2 heterocycles. The van der Waals surface area contributed by atoms with Gasteiger partial charge in [0.2, 0.25) is 6.29 Å². The first-order valence-corrected chi connectivity index (χ1v) is 15.7. The van der Waals surface area contributed by atoms with E-state index in [1.807, 2.05) is 19.1 Å². The summed E-state index contributed by atoms with van der Waals surface area (Å²) in [6.45, 7) is 13.1. The molecule has 3 rings (SSSR count). The average Bonchev–Trinajstić information content (AvgIpc) is 2.89. The quantitative estimate of drug-likeness (QED) is 0.217. The Morgan fingerprint density at radius 1 is 0.900 bits per heavy atom. The Hall–Kier alpha value is -1.38. The van der Waals surface area contributed by atoms with Gasteiger partial charge in [0, 0.05) is 0 Å². The summed E-state index contributed by atoms with van der Waals surface area (Å²) in [5, 5.41) is 39.9. The van der Waals surface area contributed by atoms with Crippen LogP contribution in [0.15, 0.2) is 12.1 Å². The van der Waals surface area contributed by atoms with Crippen LogP contribution in [0.2, 0.25) is 0 Å². The highest BCUT2D eigenvalue weighted by Crippen LogP contribution is 2.41. The van der Waals surface area contributed by atoms with Gasteiger partial charge in [0.15, 0.2) is 0 Å². The third-order valence-corrected chi connectivity index (χ3v) is 8.97. The van der Waals surface area contributed by atoms with E-state index >= 15 is 0 Å². The minimum absolute atomic E-state index is 0.192. The van der Waals surface area contributed by atoms with E-state index in [2.05, 4.69) is 34.6 Å². The molecule has 3 unspecified atom stereocenters. The topological polar surface area (TPSA) is 109 Å². The van der Waals surface area contributed by atoms with Gasteiger partial charge in [-0.3, -0.25) is 0 Å². The van der Waals surface area contributed by atoms with E-state index in [0.29, 0.717) is 5.75 Å². The molecule has 0 spiro atoms. The number of fused-ring (bicyclic) bond motifs is 1. The fourth-order valence-corrected chi connectivity index (χ4v) is 6.18. The van der Waals surface area contributed by atoms with Crippen molar-refractivity contribution in [3.63, 3.8) is 0 Å². The van der Waals surface area contributed by atoms with Crippen LogP contribution in [0.4, 0.5) is 0 Å². The van der Waals surface area contributed by atoms with E-state index in [4.69, 9.17) is 14.2 Å².